The van der Waals surface area contributed by atoms with Gasteiger partial charge in [0.05, 0.1) is 0 Å². The van der Waals surface area contributed by atoms with Crippen molar-refractivity contribution in [1.82, 2.24) is 0 Å². The molecule has 0 bridgehead atoms. The van der Waals surface area contributed by atoms with Gasteiger partial charge in [-0.3, -0.25) is 0 Å². The van der Waals surface area contributed by atoms with Crippen molar-refractivity contribution in [3.05, 3.63) is 0 Å². The third kappa shape index (κ3) is 15.9. The highest BCUT2D eigenvalue weighted by Crippen LogP contribution is 2.15. The normalized spacial score (nSPS) is 13.1. The fourth-order valence-corrected chi connectivity index (χ4v) is 2.66. The maximum absolute atomic E-state index is 2.39. The average Bonchev–Trinajstić information content (AvgIpc) is 2.39. The highest BCUT2D eigenvalue weighted by molar-refractivity contribution is 4.52. The Labute approximate surface area is 123 Å². The quantitative estimate of drug-likeness (QED) is 0.288. The molecule has 0 aliphatic heterocycles. The fraction of sp³-hybridized carbons (Fsp3) is 1.00. The Bertz CT molecular complexity index is 159. The smallest absolute Gasteiger partial charge is 0.0445 e. The standard InChI is InChI=1S/C19H40/c1-5-19(4)17-15-13-11-9-7-6-8-10-12-14-16-18(2)3/h18-19H,5-17H2,1-4H3. The van der Waals surface area contributed by atoms with Crippen molar-refractivity contribution in [3.8, 4) is 0 Å². The maximum Gasteiger partial charge on any atom is -0.0445 e. The van der Waals surface area contributed by atoms with Crippen LogP contribution in [0.4, 0.5) is 0 Å². The van der Waals surface area contributed by atoms with E-state index in [0.717, 1.165) is 11.8 Å². The van der Waals surface area contributed by atoms with Gasteiger partial charge in [-0.15, -0.1) is 0 Å². The van der Waals surface area contributed by atoms with Gasteiger partial charge in [0.25, 0.3) is 0 Å². The van der Waals surface area contributed by atoms with Gasteiger partial charge in [0.1, 0.15) is 0 Å². The summed E-state index contributed by atoms with van der Waals surface area (Å²) in [7, 11) is 0. The molecule has 19 heavy (non-hydrogen) atoms. The third-order valence-electron chi connectivity index (χ3n) is 4.43. The molecule has 0 aromatic heterocycles. The summed E-state index contributed by atoms with van der Waals surface area (Å²) in [5.74, 6) is 1.85. The Morgan fingerprint density at radius 1 is 0.526 bits per heavy atom. The summed E-state index contributed by atoms with van der Waals surface area (Å²) >= 11 is 0. The van der Waals surface area contributed by atoms with E-state index in [2.05, 4.69) is 27.7 Å². The molecule has 0 heterocycles. The van der Waals surface area contributed by atoms with Gasteiger partial charge in [-0.2, -0.15) is 0 Å². The lowest BCUT2D eigenvalue weighted by atomic mass is 9.99. The zero-order valence-electron chi connectivity index (χ0n) is 14.3. The van der Waals surface area contributed by atoms with Crippen LogP contribution in [0.1, 0.15) is 111 Å². The van der Waals surface area contributed by atoms with Gasteiger partial charge in [0.2, 0.25) is 0 Å². The molecule has 116 valence electrons. The number of unbranched alkanes of at least 4 members (excludes halogenated alkanes) is 9. The van der Waals surface area contributed by atoms with E-state index in [1.54, 1.807) is 0 Å². The summed E-state index contributed by atoms with van der Waals surface area (Å²) in [6.45, 7) is 9.37. The van der Waals surface area contributed by atoms with Crippen molar-refractivity contribution in [3.63, 3.8) is 0 Å². The zero-order chi connectivity index (χ0) is 14.3. The van der Waals surface area contributed by atoms with E-state index in [4.69, 9.17) is 0 Å². The van der Waals surface area contributed by atoms with Crippen molar-refractivity contribution in [2.24, 2.45) is 11.8 Å². The molecule has 0 nitrogen and oxygen atoms in total. The minimum absolute atomic E-state index is 0.899. The van der Waals surface area contributed by atoms with Crippen LogP contribution in [0, 0.1) is 11.8 Å². The Morgan fingerprint density at radius 3 is 1.26 bits per heavy atom. The third-order valence-corrected chi connectivity index (χ3v) is 4.43. The molecule has 0 saturated carbocycles. The van der Waals surface area contributed by atoms with Crippen LogP contribution in [-0.2, 0) is 0 Å². The van der Waals surface area contributed by atoms with Crippen LogP contribution in [0.5, 0.6) is 0 Å². The highest BCUT2D eigenvalue weighted by Gasteiger charge is 1.98. The summed E-state index contributed by atoms with van der Waals surface area (Å²) in [5, 5.41) is 0. The molecule has 0 radical (unpaired) electrons. The average molecular weight is 269 g/mol. The van der Waals surface area contributed by atoms with Crippen molar-refractivity contribution in [2.75, 3.05) is 0 Å². The van der Waals surface area contributed by atoms with Crippen LogP contribution >= 0.6 is 0 Å². The molecule has 0 N–H and O–H groups in total. The maximum atomic E-state index is 2.39. The monoisotopic (exact) mass is 268 g/mol. The van der Waals surface area contributed by atoms with Crippen LogP contribution in [0.2, 0.25) is 0 Å². The topological polar surface area (TPSA) is 0 Å². The lowest BCUT2D eigenvalue weighted by Gasteiger charge is -2.07. The van der Waals surface area contributed by atoms with E-state index >= 15 is 0 Å². The first-order valence-corrected chi connectivity index (χ1v) is 9.16. The van der Waals surface area contributed by atoms with Crippen LogP contribution in [-0.4, -0.2) is 0 Å². The van der Waals surface area contributed by atoms with Crippen LogP contribution in [0.25, 0.3) is 0 Å². The molecule has 0 aromatic carbocycles. The van der Waals surface area contributed by atoms with Crippen LogP contribution in [0.3, 0.4) is 0 Å². The Balaban J connectivity index is 2.99. The van der Waals surface area contributed by atoms with Crippen molar-refractivity contribution in [1.29, 1.82) is 0 Å². The molecule has 0 aliphatic carbocycles. The zero-order valence-corrected chi connectivity index (χ0v) is 14.3. The molecule has 1 unspecified atom stereocenters. The first-order chi connectivity index (χ1) is 9.16. The Kier molecular flexibility index (Phi) is 14.4. The second-order valence-electron chi connectivity index (χ2n) is 7.02. The van der Waals surface area contributed by atoms with Crippen LogP contribution in [0.15, 0.2) is 0 Å². The lowest BCUT2D eigenvalue weighted by Crippen LogP contribution is -1.91. The van der Waals surface area contributed by atoms with Crippen molar-refractivity contribution >= 4 is 0 Å². The Hall–Kier alpha value is 0. The molecule has 1 atom stereocenters. The van der Waals surface area contributed by atoms with E-state index in [0.29, 0.717) is 0 Å². The first-order valence-electron chi connectivity index (χ1n) is 9.16. The van der Waals surface area contributed by atoms with E-state index in [-0.39, 0.29) is 0 Å². The van der Waals surface area contributed by atoms with Gasteiger partial charge in [0, 0.05) is 0 Å². The number of hydrogen-bond donors (Lipinski definition) is 0. The molecule has 0 saturated heterocycles. The molecule has 0 heteroatoms. The summed E-state index contributed by atoms with van der Waals surface area (Å²) in [4.78, 5) is 0. The summed E-state index contributed by atoms with van der Waals surface area (Å²) in [6.07, 6.45) is 18.9. The minimum Gasteiger partial charge on any atom is -0.0651 e. The van der Waals surface area contributed by atoms with Gasteiger partial charge in [-0.25, -0.2) is 0 Å². The summed E-state index contributed by atoms with van der Waals surface area (Å²) in [6, 6.07) is 0. The van der Waals surface area contributed by atoms with Crippen molar-refractivity contribution in [2.45, 2.75) is 111 Å². The molecule has 0 aliphatic rings. The Morgan fingerprint density at radius 2 is 0.895 bits per heavy atom. The van der Waals surface area contributed by atoms with E-state index in [1.165, 1.54) is 83.5 Å². The number of hydrogen-bond acceptors (Lipinski definition) is 0. The molecular weight excluding hydrogens is 228 g/mol. The SMILES string of the molecule is CCC(C)CCCCCCCCCCCCC(C)C. The molecule has 0 fully saturated rings. The molecule has 0 amide bonds. The largest absolute Gasteiger partial charge is 0.0651 e. The van der Waals surface area contributed by atoms with Crippen molar-refractivity contribution < 1.29 is 0 Å². The van der Waals surface area contributed by atoms with E-state index in [9.17, 15) is 0 Å². The lowest BCUT2D eigenvalue weighted by molar-refractivity contribution is 0.467. The van der Waals surface area contributed by atoms with Gasteiger partial charge in [-0.05, 0) is 11.8 Å². The van der Waals surface area contributed by atoms with Gasteiger partial charge in [0.15, 0.2) is 0 Å². The predicted octanol–water partition coefficient (Wildman–Crippen LogP) is 7.37. The van der Waals surface area contributed by atoms with Gasteiger partial charge >= 0.3 is 0 Å². The molecule has 0 spiro atoms. The first kappa shape index (κ1) is 19.0. The van der Waals surface area contributed by atoms with Gasteiger partial charge in [-0.1, -0.05) is 111 Å². The summed E-state index contributed by atoms with van der Waals surface area (Å²) < 4.78 is 0. The second kappa shape index (κ2) is 14.4. The van der Waals surface area contributed by atoms with Crippen LogP contribution < -0.4 is 0 Å². The number of rotatable bonds is 14. The second-order valence-corrected chi connectivity index (χ2v) is 7.02. The predicted molar refractivity (Wildman–Crippen MR) is 89.7 cm³/mol. The molecule has 0 aromatic rings. The van der Waals surface area contributed by atoms with Gasteiger partial charge < -0.3 is 0 Å². The minimum atomic E-state index is 0.899. The van der Waals surface area contributed by atoms with E-state index < -0.39 is 0 Å². The van der Waals surface area contributed by atoms with E-state index in [1.807, 2.05) is 0 Å². The highest BCUT2D eigenvalue weighted by atomic mass is 14.0. The molecule has 0 rings (SSSR count). The summed E-state index contributed by atoms with van der Waals surface area (Å²) in [5.41, 5.74) is 0. The fourth-order valence-electron chi connectivity index (χ4n) is 2.66. The molecular formula is C19H40.